The highest BCUT2D eigenvalue weighted by Gasteiger charge is 2.60. The van der Waals surface area contributed by atoms with Crippen molar-refractivity contribution in [2.24, 2.45) is 5.92 Å². The van der Waals surface area contributed by atoms with Gasteiger partial charge in [-0.3, -0.25) is 19.3 Å². The van der Waals surface area contributed by atoms with E-state index in [1.807, 2.05) is 60.7 Å². The van der Waals surface area contributed by atoms with Gasteiger partial charge in [0, 0.05) is 10.0 Å². The molecule has 6 nitrogen and oxygen atoms in total. The van der Waals surface area contributed by atoms with E-state index in [4.69, 9.17) is 4.84 Å². The van der Waals surface area contributed by atoms with E-state index in [-0.39, 0.29) is 24.1 Å². The van der Waals surface area contributed by atoms with Crippen molar-refractivity contribution in [3.05, 3.63) is 94.5 Å². The molecule has 2 aliphatic heterocycles. The number of carbonyl (C=O) groups is 2. The zero-order valence-electron chi connectivity index (χ0n) is 16.4. The molecule has 1 N–H and O–H groups in total. The summed E-state index contributed by atoms with van der Waals surface area (Å²) in [5.41, 5.74) is 2.09. The minimum atomic E-state index is -0.945. The van der Waals surface area contributed by atoms with Gasteiger partial charge < -0.3 is 5.11 Å². The van der Waals surface area contributed by atoms with Crippen molar-refractivity contribution in [3.8, 4) is 5.75 Å². The van der Waals surface area contributed by atoms with Crippen molar-refractivity contribution in [1.29, 1.82) is 0 Å². The minimum Gasteiger partial charge on any atom is -0.508 e. The number of imide groups is 1. The molecule has 0 bridgehead atoms. The Kier molecular flexibility index (Phi) is 5.00. The van der Waals surface area contributed by atoms with E-state index >= 15 is 0 Å². The van der Waals surface area contributed by atoms with Crippen LogP contribution in [0.1, 0.15) is 17.2 Å². The van der Waals surface area contributed by atoms with E-state index < -0.39 is 18.1 Å². The molecule has 2 heterocycles. The molecular weight excluding hydrogens is 460 g/mol. The molecule has 3 aromatic rings. The molecule has 7 heteroatoms. The number of phenols is 1. The first-order valence-corrected chi connectivity index (χ1v) is 10.7. The molecular formula is C24H19BrN2O4. The lowest BCUT2D eigenvalue weighted by Crippen LogP contribution is -2.37. The fraction of sp³-hybridized carbons (Fsp3) is 0.167. The summed E-state index contributed by atoms with van der Waals surface area (Å²) in [7, 11) is 0. The number of nitrogens with zero attached hydrogens (tertiary/aromatic N) is 2. The Morgan fingerprint density at radius 1 is 0.903 bits per heavy atom. The number of halogens is 1. The highest BCUT2D eigenvalue weighted by Crippen LogP contribution is 2.49. The van der Waals surface area contributed by atoms with Gasteiger partial charge >= 0.3 is 0 Å². The summed E-state index contributed by atoms with van der Waals surface area (Å²) in [5.74, 6) is -1.39. The summed E-state index contributed by atoms with van der Waals surface area (Å²) in [6.07, 6.45) is -0.945. The molecule has 0 radical (unpaired) electrons. The van der Waals surface area contributed by atoms with E-state index in [1.54, 1.807) is 23.3 Å². The molecule has 0 spiro atoms. The van der Waals surface area contributed by atoms with Gasteiger partial charge in [-0.1, -0.05) is 64.5 Å². The monoisotopic (exact) mass is 478 g/mol. The van der Waals surface area contributed by atoms with Crippen LogP contribution in [0.4, 0.5) is 5.69 Å². The number of amides is 2. The van der Waals surface area contributed by atoms with Crippen LogP contribution in [0.15, 0.2) is 83.3 Å². The number of carbonyl (C=O) groups excluding carboxylic acids is 2. The average Bonchev–Trinajstić information content (AvgIpc) is 3.29. The van der Waals surface area contributed by atoms with Gasteiger partial charge in [-0.05, 0) is 35.9 Å². The zero-order valence-corrected chi connectivity index (χ0v) is 18.0. The second-order valence-corrected chi connectivity index (χ2v) is 8.53. The van der Waals surface area contributed by atoms with Gasteiger partial charge in [0.2, 0.25) is 5.91 Å². The molecule has 0 unspecified atom stereocenters. The van der Waals surface area contributed by atoms with Crippen LogP contribution in [-0.2, 0) is 21.0 Å². The predicted octanol–water partition coefficient (Wildman–Crippen LogP) is 4.20. The summed E-state index contributed by atoms with van der Waals surface area (Å²) in [4.78, 5) is 34.0. The summed E-state index contributed by atoms with van der Waals surface area (Å²) < 4.78 is 0.759. The Hall–Kier alpha value is -3.16. The first-order chi connectivity index (χ1) is 15.0. The number of rotatable bonds is 4. The van der Waals surface area contributed by atoms with Crippen LogP contribution >= 0.6 is 15.9 Å². The molecule has 5 rings (SSSR count). The first-order valence-electron chi connectivity index (χ1n) is 9.93. The maximum Gasteiger partial charge on any atom is 0.262 e. The molecule has 2 fully saturated rings. The molecule has 0 aromatic heterocycles. The van der Waals surface area contributed by atoms with Crippen molar-refractivity contribution >= 4 is 33.4 Å². The molecule has 0 aliphatic carbocycles. The molecule has 3 aromatic carbocycles. The predicted molar refractivity (Wildman–Crippen MR) is 118 cm³/mol. The average molecular weight is 479 g/mol. The van der Waals surface area contributed by atoms with Crippen LogP contribution in [-0.4, -0.2) is 27.9 Å². The van der Waals surface area contributed by atoms with E-state index in [0.717, 1.165) is 10.0 Å². The smallest absolute Gasteiger partial charge is 0.262 e. The highest BCUT2D eigenvalue weighted by molar-refractivity contribution is 9.10. The van der Waals surface area contributed by atoms with Crippen LogP contribution < -0.4 is 5.06 Å². The molecule has 2 amide bonds. The number of fused-ring (bicyclic) bond motifs is 1. The van der Waals surface area contributed by atoms with Crippen LogP contribution in [0.2, 0.25) is 0 Å². The third-order valence-corrected chi connectivity index (χ3v) is 6.20. The number of phenolic OH excluding ortho intramolecular Hbond substituents is 1. The quantitative estimate of drug-likeness (QED) is 0.569. The number of hydrogen-bond donors (Lipinski definition) is 1. The van der Waals surface area contributed by atoms with Gasteiger partial charge in [0.25, 0.3) is 5.91 Å². The van der Waals surface area contributed by atoms with Crippen LogP contribution in [0.5, 0.6) is 5.75 Å². The van der Waals surface area contributed by atoms with Gasteiger partial charge in [-0.15, -0.1) is 0 Å². The van der Waals surface area contributed by atoms with Gasteiger partial charge in [-0.25, -0.2) is 5.06 Å². The summed E-state index contributed by atoms with van der Waals surface area (Å²) in [5, 5.41) is 12.2. The molecule has 2 aliphatic rings. The molecule has 2 saturated heterocycles. The Labute approximate surface area is 187 Å². The van der Waals surface area contributed by atoms with Crippen LogP contribution in [0, 0.1) is 5.92 Å². The number of hydrogen-bond acceptors (Lipinski definition) is 5. The lowest BCUT2D eigenvalue weighted by atomic mass is 9.90. The van der Waals surface area contributed by atoms with Crippen molar-refractivity contribution < 1.29 is 19.5 Å². The lowest BCUT2D eigenvalue weighted by molar-refractivity contribution is -0.143. The molecule has 0 saturated carbocycles. The largest absolute Gasteiger partial charge is 0.508 e. The van der Waals surface area contributed by atoms with E-state index in [1.165, 1.54) is 4.90 Å². The minimum absolute atomic E-state index is 0.0418. The third kappa shape index (κ3) is 3.40. The third-order valence-electron chi connectivity index (χ3n) is 5.71. The van der Waals surface area contributed by atoms with Gasteiger partial charge in [0.1, 0.15) is 11.7 Å². The molecule has 3 atom stereocenters. The molecule has 156 valence electrons. The van der Waals surface area contributed by atoms with Crippen molar-refractivity contribution in [3.63, 3.8) is 0 Å². The van der Waals surface area contributed by atoms with Crippen LogP contribution in [0.25, 0.3) is 0 Å². The number of hydroxylamine groups is 1. The normalized spacial score (nSPS) is 22.8. The Morgan fingerprint density at radius 3 is 2.29 bits per heavy atom. The van der Waals surface area contributed by atoms with Crippen molar-refractivity contribution in [1.82, 2.24) is 4.90 Å². The van der Waals surface area contributed by atoms with E-state index in [9.17, 15) is 14.7 Å². The van der Waals surface area contributed by atoms with Crippen LogP contribution in [0.3, 0.4) is 0 Å². The van der Waals surface area contributed by atoms with E-state index in [2.05, 4.69) is 15.9 Å². The second-order valence-electron chi connectivity index (χ2n) is 7.61. The fourth-order valence-corrected chi connectivity index (χ4v) is 4.65. The standard InChI is InChI=1S/C24H19BrN2O4/c25-16-11-12-19(28)18(13-16)21-20-22(31-27(21)17-9-5-2-6-10-17)24(30)26(23(20)29)14-15-7-3-1-4-8-15/h1-13,20-22,28H,14H2/t20-,21-,22-/m0/s1. The first kappa shape index (κ1) is 19.8. The van der Waals surface area contributed by atoms with E-state index in [0.29, 0.717) is 11.3 Å². The molecule has 31 heavy (non-hydrogen) atoms. The van der Waals surface area contributed by atoms with Crippen molar-refractivity contribution in [2.75, 3.05) is 5.06 Å². The summed E-state index contributed by atoms with van der Waals surface area (Å²) in [6.45, 7) is 0.192. The Balaban J connectivity index is 1.56. The maximum atomic E-state index is 13.5. The zero-order chi connectivity index (χ0) is 21.5. The SMILES string of the molecule is O=C1[C@@H]2[C@H](ON(c3ccccc3)[C@H]2c2cc(Br)ccc2O)C(=O)N1Cc1ccccc1. The highest BCUT2D eigenvalue weighted by atomic mass is 79.9. The number of likely N-dealkylation sites (tertiary alicyclic amines) is 1. The maximum absolute atomic E-state index is 13.5. The van der Waals surface area contributed by atoms with Gasteiger partial charge in [0.05, 0.1) is 18.3 Å². The fourth-order valence-electron chi connectivity index (χ4n) is 4.27. The van der Waals surface area contributed by atoms with Crippen molar-refractivity contribution in [2.45, 2.75) is 18.7 Å². The topological polar surface area (TPSA) is 70.1 Å². The van der Waals surface area contributed by atoms with Gasteiger partial charge in [-0.2, -0.15) is 0 Å². The number of para-hydroxylation sites is 1. The summed E-state index contributed by atoms with van der Waals surface area (Å²) >= 11 is 3.44. The Morgan fingerprint density at radius 2 is 1.58 bits per heavy atom. The number of anilines is 1. The summed E-state index contributed by atoms with van der Waals surface area (Å²) in [6, 6.07) is 23.1. The number of aromatic hydroxyl groups is 1. The Bertz CT molecular complexity index is 1140. The number of benzene rings is 3. The second kappa shape index (κ2) is 7.83. The lowest BCUT2D eigenvalue weighted by Gasteiger charge is -2.29. The van der Waals surface area contributed by atoms with Gasteiger partial charge in [0.15, 0.2) is 6.10 Å².